The number of nitro groups is 1. The van der Waals surface area contributed by atoms with Crippen LogP contribution < -0.4 is 20.3 Å². The van der Waals surface area contributed by atoms with Crippen LogP contribution in [0.2, 0.25) is 0 Å². The number of anilines is 1. The van der Waals surface area contributed by atoms with Gasteiger partial charge >= 0.3 is 0 Å². The van der Waals surface area contributed by atoms with E-state index in [9.17, 15) is 19.7 Å². The number of aromatic nitrogens is 2. The fraction of sp³-hybridized carbons (Fsp3) is 0.190. The molecule has 2 aromatic carbocycles. The second-order valence-electron chi connectivity index (χ2n) is 6.74. The van der Waals surface area contributed by atoms with Crippen molar-refractivity contribution in [3.8, 4) is 22.9 Å². The highest BCUT2D eigenvalue weighted by atomic mass is 16.6. The molecule has 158 valence electrons. The lowest BCUT2D eigenvalue weighted by Crippen LogP contribution is -2.18. The summed E-state index contributed by atoms with van der Waals surface area (Å²) in [5.74, 6) is 0.187. The summed E-state index contributed by atoms with van der Waals surface area (Å²) in [6.45, 7) is 2.45. The van der Waals surface area contributed by atoms with E-state index in [-0.39, 0.29) is 41.5 Å². The molecule has 0 saturated carbocycles. The number of hydrogen-bond donors (Lipinski definition) is 2. The van der Waals surface area contributed by atoms with Crippen molar-refractivity contribution in [1.82, 2.24) is 9.97 Å². The molecule has 2 N–H and O–H groups in total. The van der Waals surface area contributed by atoms with Crippen molar-refractivity contribution >= 4 is 17.3 Å². The minimum absolute atomic E-state index is 0.154. The van der Waals surface area contributed by atoms with Crippen LogP contribution in [0.3, 0.4) is 0 Å². The van der Waals surface area contributed by atoms with Crippen molar-refractivity contribution in [3.05, 3.63) is 74.2 Å². The van der Waals surface area contributed by atoms with Gasteiger partial charge in [-0.1, -0.05) is 19.1 Å². The molecule has 0 spiro atoms. The molecular formula is C21H18N4O6. The maximum Gasteiger partial charge on any atom is 0.286 e. The first-order valence-electron chi connectivity index (χ1n) is 9.54. The molecule has 4 rings (SSSR count). The highest BCUT2D eigenvalue weighted by Gasteiger charge is 2.26. The topological polar surface area (TPSA) is 136 Å². The van der Waals surface area contributed by atoms with Gasteiger partial charge in [-0.05, 0) is 18.6 Å². The van der Waals surface area contributed by atoms with Gasteiger partial charge in [0.25, 0.3) is 17.2 Å². The number of ether oxygens (including phenoxy) is 2. The fourth-order valence-corrected chi connectivity index (χ4v) is 3.18. The van der Waals surface area contributed by atoms with Gasteiger partial charge in [-0.2, -0.15) is 0 Å². The minimum atomic E-state index is -0.676. The third-order valence-corrected chi connectivity index (χ3v) is 4.65. The summed E-state index contributed by atoms with van der Waals surface area (Å²) in [6.07, 6.45) is 0.598. The molecule has 10 heteroatoms. The Balaban J connectivity index is 1.66. The lowest BCUT2D eigenvalue weighted by molar-refractivity contribution is -0.385. The van der Waals surface area contributed by atoms with Crippen molar-refractivity contribution < 1.29 is 19.2 Å². The summed E-state index contributed by atoms with van der Waals surface area (Å²) in [4.78, 5) is 42.6. The summed E-state index contributed by atoms with van der Waals surface area (Å²) in [5, 5.41) is 14.1. The average Bonchev–Trinajstić information content (AvgIpc) is 2.77. The third-order valence-electron chi connectivity index (χ3n) is 4.65. The zero-order valence-electron chi connectivity index (χ0n) is 16.5. The molecule has 0 fully saturated rings. The maximum atomic E-state index is 12.8. The van der Waals surface area contributed by atoms with Gasteiger partial charge in [-0.3, -0.25) is 19.7 Å². The number of H-pyrrole nitrogens is 1. The van der Waals surface area contributed by atoms with E-state index in [1.165, 1.54) is 18.2 Å². The first-order valence-corrected chi connectivity index (χ1v) is 9.54. The van der Waals surface area contributed by atoms with E-state index in [1.807, 2.05) is 6.92 Å². The second-order valence-corrected chi connectivity index (χ2v) is 6.74. The molecule has 1 aliphatic heterocycles. The number of fused-ring (bicyclic) bond motifs is 1. The van der Waals surface area contributed by atoms with Crippen LogP contribution in [0.4, 0.5) is 11.4 Å². The summed E-state index contributed by atoms with van der Waals surface area (Å²) in [7, 11) is 0. The van der Waals surface area contributed by atoms with E-state index in [0.717, 1.165) is 0 Å². The summed E-state index contributed by atoms with van der Waals surface area (Å²) < 4.78 is 10.8. The number of nitrogens with zero attached hydrogens (tertiary/aromatic N) is 2. The van der Waals surface area contributed by atoms with Crippen LogP contribution in [0, 0.1) is 10.1 Å². The number of hydrogen-bond acceptors (Lipinski definition) is 7. The Morgan fingerprint density at radius 3 is 2.65 bits per heavy atom. The van der Waals surface area contributed by atoms with Crippen LogP contribution in [0.1, 0.15) is 23.0 Å². The van der Waals surface area contributed by atoms with Gasteiger partial charge in [0, 0.05) is 29.1 Å². The zero-order chi connectivity index (χ0) is 22.0. The van der Waals surface area contributed by atoms with Crippen LogP contribution in [-0.2, 0) is 6.42 Å². The van der Waals surface area contributed by atoms with Crippen molar-refractivity contribution in [3.63, 3.8) is 0 Å². The molecule has 0 radical (unpaired) electrons. The van der Waals surface area contributed by atoms with Crippen molar-refractivity contribution in [2.45, 2.75) is 13.3 Å². The standard InChI is InChI=1S/C21H18N4O6/c1-2-13-9-19(26)24-20(22-13)12-4-3-5-14(8-12)23-21(27)15-10-17-18(31-7-6-30-17)11-16(15)25(28)29/h3-5,8-11H,2,6-7H2,1H3,(H,23,27)(H,22,24,26). The Morgan fingerprint density at radius 1 is 1.19 bits per heavy atom. The van der Waals surface area contributed by atoms with Gasteiger partial charge in [0.2, 0.25) is 0 Å². The van der Waals surface area contributed by atoms with Gasteiger partial charge in [-0.25, -0.2) is 4.98 Å². The smallest absolute Gasteiger partial charge is 0.286 e. The summed E-state index contributed by atoms with van der Waals surface area (Å²) >= 11 is 0. The Morgan fingerprint density at radius 2 is 1.94 bits per heavy atom. The predicted molar refractivity (Wildman–Crippen MR) is 112 cm³/mol. The molecular weight excluding hydrogens is 404 g/mol. The highest BCUT2D eigenvalue weighted by Crippen LogP contribution is 2.37. The maximum absolute atomic E-state index is 12.8. The molecule has 0 unspecified atom stereocenters. The first kappa shape index (κ1) is 20.1. The molecule has 10 nitrogen and oxygen atoms in total. The summed E-state index contributed by atoms with van der Waals surface area (Å²) in [5.41, 5.74) is 0.792. The molecule has 2 heterocycles. The second kappa shape index (κ2) is 8.27. The van der Waals surface area contributed by atoms with E-state index in [1.54, 1.807) is 24.3 Å². The molecule has 3 aromatic rings. The van der Waals surface area contributed by atoms with Crippen LogP contribution in [0.15, 0.2) is 47.3 Å². The Hall–Kier alpha value is -4.21. The average molecular weight is 422 g/mol. The minimum Gasteiger partial charge on any atom is -0.486 e. The molecule has 31 heavy (non-hydrogen) atoms. The Bertz CT molecular complexity index is 1240. The number of rotatable bonds is 5. The number of amides is 1. The number of aryl methyl sites for hydroxylation is 1. The van der Waals surface area contributed by atoms with Gasteiger partial charge in [0.15, 0.2) is 11.5 Å². The van der Waals surface area contributed by atoms with E-state index in [0.29, 0.717) is 29.2 Å². The van der Waals surface area contributed by atoms with E-state index in [4.69, 9.17) is 9.47 Å². The SMILES string of the molecule is CCc1cc(=O)[nH]c(-c2cccc(NC(=O)c3cc4c(cc3[N+](=O)[O-])OCCO4)c2)n1. The van der Waals surface area contributed by atoms with Crippen molar-refractivity contribution in [1.29, 1.82) is 0 Å². The highest BCUT2D eigenvalue weighted by molar-refractivity contribution is 6.07. The molecule has 1 aliphatic rings. The molecule has 1 amide bonds. The largest absolute Gasteiger partial charge is 0.486 e. The van der Waals surface area contributed by atoms with Gasteiger partial charge in [0.1, 0.15) is 24.6 Å². The van der Waals surface area contributed by atoms with Crippen LogP contribution in [0.5, 0.6) is 11.5 Å². The fourth-order valence-electron chi connectivity index (χ4n) is 3.18. The molecule has 0 bridgehead atoms. The van der Waals surface area contributed by atoms with E-state index >= 15 is 0 Å². The number of nitro benzene ring substituents is 1. The van der Waals surface area contributed by atoms with Gasteiger partial charge in [0.05, 0.1) is 11.0 Å². The normalized spacial score (nSPS) is 12.3. The Labute approximate surface area is 176 Å². The third kappa shape index (κ3) is 4.22. The lowest BCUT2D eigenvalue weighted by atomic mass is 10.1. The van der Waals surface area contributed by atoms with Crippen LogP contribution >= 0.6 is 0 Å². The molecule has 0 saturated heterocycles. The van der Waals surface area contributed by atoms with Gasteiger partial charge < -0.3 is 19.8 Å². The van der Waals surface area contributed by atoms with Gasteiger partial charge in [-0.15, -0.1) is 0 Å². The predicted octanol–water partition coefficient (Wildman–Crippen LogP) is 2.93. The van der Waals surface area contributed by atoms with Crippen LogP contribution in [-0.4, -0.2) is 34.0 Å². The monoisotopic (exact) mass is 422 g/mol. The zero-order valence-corrected chi connectivity index (χ0v) is 16.5. The number of nitrogens with one attached hydrogen (secondary N) is 2. The number of benzene rings is 2. The first-order chi connectivity index (χ1) is 14.9. The number of aromatic amines is 1. The Kier molecular flexibility index (Phi) is 5.35. The molecule has 0 atom stereocenters. The quantitative estimate of drug-likeness (QED) is 0.476. The van der Waals surface area contributed by atoms with Crippen molar-refractivity contribution in [2.24, 2.45) is 0 Å². The number of carbonyl (C=O) groups excluding carboxylic acids is 1. The molecule has 0 aliphatic carbocycles. The van der Waals surface area contributed by atoms with Crippen LogP contribution in [0.25, 0.3) is 11.4 Å². The lowest BCUT2D eigenvalue weighted by Gasteiger charge is -2.19. The van der Waals surface area contributed by atoms with E-state index in [2.05, 4.69) is 15.3 Å². The number of carbonyl (C=O) groups is 1. The van der Waals surface area contributed by atoms with Crippen molar-refractivity contribution in [2.75, 3.05) is 18.5 Å². The molecule has 1 aromatic heterocycles. The van der Waals surface area contributed by atoms with E-state index < -0.39 is 10.8 Å². The summed E-state index contributed by atoms with van der Waals surface area (Å²) in [6, 6.07) is 10.6.